The number of unbranched alkanes of at least 4 members (excludes halogenated alkanes) is 8. The summed E-state index contributed by atoms with van der Waals surface area (Å²) in [5, 5.41) is 33.2. The first-order valence-corrected chi connectivity index (χ1v) is 16.5. The molecule has 0 aliphatic rings. The van der Waals surface area contributed by atoms with E-state index in [0.717, 1.165) is 38.5 Å². The van der Waals surface area contributed by atoms with Crippen LogP contribution in [0.5, 0.6) is 5.75 Å². The summed E-state index contributed by atoms with van der Waals surface area (Å²) in [6, 6.07) is 5.15. The maximum atomic E-state index is 13.3. The minimum Gasteiger partial charge on any atom is -0.494 e. The zero-order valence-electron chi connectivity index (χ0n) is 27.1. The third-order valence-electron chi connectivity index (χ3n) is 7.79. The highest BCUT2D eigenvalue weighted by atomic mass is 19.1. The average Bonchev–Trinajstić information content (AvgIpc) is 3.00. The predicted octanol–water partition coefficient (Wildman–Crippen LogP) is 6.60. The summed E-state index contributed by atoms with van der Waals surface area (Å²) in [5.74, 6) is -4.45. The fourth-order valence-electron chi connectivity index (χ4n) is 5.12. The van der Waals surface area contributed by atoms with E-state index in [1.165, 1.54) is 25.3 Å². The average molecular weight is 636 g/mol. The van der Waals surface area contributed by atoms with Gasteiger partial charge in [0.05, 0.1) is 19.2 Å². The third kappa shape index (κ3) is 16.0. The van der Waals surface area contributed by atoms with Crippen LogP contribution in [0.15, 0.2) is 36.4 Å². The predicted molar refractivity (Wildman–Crippen MR) is 172 cm³/mol. The molecule has 3 atom stereocenters. The quantitative estimate of drug-likeness (QED) is 0.0624. The van der Waals surface area contributed by atoms with Crippen molar-refractivity contribution in [1.29, 1.82) is 0 Å². The maximum Gasteiger partial charge on any atom is 0.336 e. The molecule has 0 saturated carbocycles. The Bertz CT molecular complexity index is 1040. The van der Waals surface area contributed by atoms with Gasteiger partial charge >= 0.3 is 11.9 Å². The summed E-state index contributed by atoms with van der Waals surface area (Å²) in [7, 11) is 0. The van der Waals surface area contributed by atoms with Gasteiger partial charge in [-0.05, 0) is 49.8 Å². The number of carbonyl (C=O) groups is 4. The minimum absolute atomic E-state index is 0.0805. The van der Waals surface area contributed by atoms with Crippen molar-refractivity contribution in [3.8, 4) is 5.75 Å². The molecule has 0 radical (unpaired) electrons. The Morgan fingerprint density at radius 2 is 1.51 bits per heavy atom. The SMILES string of the molecule is CCCCCCCC(=O)CCCCCC/C=C/[C@H](C(=O)N[C@@H](Cc1ccc(OCCCF)cc1)C(=O)O)[C@@](O)(CCC)C(=O)O. The minimum atomic E-state index is -2.41. The van der Waals surface area contributed by atoms with Crippen molar-refractivity contribution < 1.29 is 43.6 Å². The first kappa shape index (κ1) is 39.8. The second-order valence-electron chi connectivity index (χ2n) is 11.7. The summed E-state index contributed by atoms with van der Waals surface area (Å²) >= 11 is 0. The third-order valence-corrected chi connectivity index (χ3v) is 7.79. The van der Waals surface area contributed by atoms with Crippen LogP contribution in [-0.2, 0) is 25.6 Å². The van der Waals surface area contributed by atoms with Crippen LogP contribution in [0.2, 0.25) is 0 Å². The monoisotopic (exact) mass is 635 g/mol. The molecule has 1 aromatic rings. The number of Topliss-reactive ketones (excluding diaryl/α,β-unsaturated/α-hetero) is 1. The number of rotatable bonds is 27. The van der Waals surface area contributed by atoms with E-state index >= 15 is 0 Å². The molecule has 0 bridgehead atoms. The second kappa shape index (κ2) is 23.1. The topological polar surface area (TPSA) is 150 Å². The number of hydrogen-bond donors (Lipinski definition) is 4. The van der Waals surface area contributed by atoms with Crippen molar-refractivity contribution in [2.45, 2.75) is 128 Å². The summed E-state index contributed by atoms with van der Waals surface area (Å²) in [6.45, 7) is 3.57. The van der Waals surface area contributed by atoms with Gasteiger partial charge in [0.15, 0.2) is 5.60 Å². The number of carboxylic acid groups (broad SMARTS) is 2. The van der Waals surface area contributed by atoms with Crippen molar-refractivity contribution in [3.63, 3.8) is 0 Å². The first-order valence-electron chi connectivity index (χ1n) is 16.5. The summed E-state index contributed by atoms with van der Waals surface area (Å²) in [4.78, 5) is 49.6. The fourth-order valence-corrected chi connectivity index (χ4v) is 5.12. The lowest BCUT2D eigenvalue weighted by atomic mass is 9.82. The Balaban J connectivity index is 2.75. The molecule has 0 fully saturated rings. The molecule has 0 aliphatic heterocycles. The molecule has 0 spiro atoms. The number of amides is 1. The van der Waals surface area contributed by atoms with Crippen molar-refractivity contribution in [1.82, 2.24) is 5.32 Å². The number of alkyl halides is 1. The number of carboxylic acids is 2. The van der Waals surface area contributed by atoms with E-state index in [-0.39, 0.29) is 25.9 Å². The number of benzene rings is 1. The van der Waals surface area contributed by atoms with Crippen LogP contribution in [0.25, 0.3) is 0 Å². The van der Waals surface area contributed by atoms with E-state index in [9.17, 15) is 38.9 Å². The summed E-state index contributed by atoms with van der Waals surface area (Å²) in [5.41, 5.74) is -1.82. The van der Waals surface area contributed by atoms with Crippen LogP contribution in [0, 0.1) is 5.92 Å². The number of carbonyl (C=O) groups excluding carboxylic acids is 2. The molecule has 1 amide bonds. The van der Waals surface area contributed by atoms with Gasteiger partial charge in [0.25, 0.3) is 0 Å². The van der Waals surface area contributed by atoms with Gasteiger partial charge in [-0.3, -0.25) is 14.0 Å². The van der Waals surface area contributed by atoms with Gasteiger partial charge in [0.1, 0.15) is 17.6 Å². The van der Waals surface area contributed by atoms with Crippen LogP contribution in [0.1, 0.15) is 116 Å². The normalized spacial score (nSPS) is 14.0. The highest BCUT2D eigenvalue weighted by molar-refractivity contribution is 5.92. The largest absolute Gasteiger partial charge is 0.494 e. The van der Waals surface area contributed by atoms with E-state index in [0.29, 0.717) is 42.8 Å². The Labute approximate surface area is 267 Å². The van der Waals surface area contributed by atoms with Gasteiger partial charge in [-0.1, -0.05) is 83.1 Å². The Kier molecular flexibility index (Phi) is 20.4. The number of nitrogens with one attached hydrogen (secondary N) is 1. The van der Waals surface area contributed by atoms with Crippen molar-refractivity contribution >= 4 is 23.6 Å². The van der Waals surface area contributed by atoms with E-state index in [1.54, 1.807) is 37.3 Å². The lowest BCUT2D eigenvalue weighted by Crippen LogP contribution is -2.54. The Morgan fingerprint density at radius 1 is 0.889 bits per heavy atom. The molecular weight excluding hydrogens is 581 g/mol. The van der Waals surface area contributed by atoms with Gasteiger partial charge in [0.2, 0.25) is 5.91 Å². The number of aliphatic carboxylic acids is 2. The van der Waals surface area contributed by atoms with Crippen LogP contribution in [0.3, 0.4) is 0 Å². The molecule has 10 heteroatoms. The molecular formula is C35H54FNO8. The Hall–Kier alpha value is -3.27. The van der Waals surface area contributed by atoms with Crippen molar-refractivity contribution in [3.05, 3.63) is 42.0 Å². The summed E-state index contributed by atoms with van der Waals surface area (Å²) in [6.07, 6.45) is 14.0. The van der Waals surface area contributed by atoms with Crippen LogP contribution < -0.4 is 10.1 Å². The van der Waals surface area contributed by atoms with Crippen molar-refractivity contribution in [2.24, 2.45) is 5.92 Å². The first-order chi connectivity index (χ1) is 21.6. The van der Waals surface area contributed by atoms with Gasteiger partial charge in [-0.25, -0.2) is 9.59 Å². The van der Waals surface area contributed by atoms with Gasteiger partial charge in [0, 0.05) is 25.7 Å². The smallest absolute Gasteiger partial charge is 0.336 e. The molecule has 9 nitrogen and oxygen atoms in total. The molecule has 0 unspecified atom stereocenters. The molecule has 0 saturated heterocycles. The number of allylic oxidation sites excluding steroid dienone is 1. The highest BCUT2D eigenvalue weighted by Gasteiger charge is 2.46. The van der Waals surface area contributed by atoms with E-state index < -0.39 is 42.1 Å². The van der Waals surface area contributed by atoms with Crippen molar-refractivity contribution in [2.75, 3.05) is 13.3 Å². The van der Waals surface area contributed by atoms with E-state index in [1.807, 2.05) is 0 Å². The molecule has 45 heavy (non-hydrogen) atoms. The van der Waals surface area contributed by atoms with Crippen LogP contribution >= 0.6 is 0 Å². The molecule has 1 rings (SSSR count). The Morgan fingerprint density at radius 3 is 2.07 bits per heavy atom. The molecule has 4 N–H and O–H groups in total. The highest BCUT2D eigenvalue weighted by Crippen LogP contribution is 2.27. The number of aliphatic hydroxyl groups is 1. The second-order valence-corrected chi connectivity index (χ2v) is 11.7. The molecule has 0 aromatic heterocycles. The number of ketones is 1. The van der Waals surface area contributed by atoms with Gasteiger partial charge < -0.3 is 25.4 Å². The maximum absolute atomic E-state index is 13.3. The molecule has 1 aromatic carbocycles. The zero-order valence-corrected chi connectivity index (χ0v) is 27.1. The molecule has 254 valence electrons. The fraction of sp³-hybridized carbons (Fsp3) is 0.657. The van der Waals surface area contributed by atoms with Gasteiger partial charge in [-0.15, -0.1) is 0 Å². The molecule has 0 heterocycles. The number of hydrogen-bond acceptors (Lipinski definition) is 6. The van der Waals surface area contributed by atoms with Crippen LogP contribution in [0.4, 0.5) is 4.39 Å². The number of ether oxygens (including phenoxy) is 1. The summed E-state index contributed by atoms with van der Waals surface area (Å²) < 4.78 is 17.7. The zero-order chi connectivity index (χ0) is 33.5. The lowest BCUT2D eigenvalue weighted by molar-refractivity contribution is -0.167. The lowest BCUT2D eigenvalue weighted by Gasteiger charge is -2.30. The molecule has 0 aliphatic carbocycles. The van der Waals surface area contributed by atoms with E-state index in [2.05, 4.69) is 12.2 Å². The number of halogens is 1. The van der Waals surface area contributed by atoms with Gasteiger partial charge in [-0.2, -0.15) is 0 Å². The van der Waals surface area contributed by atoms with Crippen LogP contribution in [-0.4, -0.2) is 63.9 Å². The van der Waals surface area contributed by atoms with E-state index in [4.69, 9.17) is 4.74 Å². The standard InChI is InChI=1S/C35H54FNO8/c1-3-5-6-9-12-16-28(38)17-13-10-7-8-11-14-18-30(35(44,23-4-2)34(42)43)32(39)37-31(33(40)41)26-27-19-21-29(22-20-27)45-25-15-24-36/h14,18-22,30-31,44H,3-13,15-17,23-26H2,1-2H3,(H,37,39)(H,40,41)(H,42,43)/b18-14+/t30-,31+,35+/m1/s1.